The first-order chi connectivity index (χ1) is 5.83. The van der Waals surface area contributed by atoms with Crippen LogP contribution in [-0.4, -0.2) is 16.1 Å². The number of azide groups is 1. The second kappa shape index (κ2) is 4.20. The molecule has 0 spiro atoms. The minimum absolute atomic E-state index is 0.368. The zero-order chi connectivity index (χ0) is 8.81. The fourth-order valence-electron chi connectivity index (χ4n) is 0.776. The highest BCUT2D eigenvalue weighted by atomic mass is 15.1. The van der Waals surface area contributed by atoms with Crippen molar-refractivity contribution in [1.82, 2.24) is 9.55 Å². The Morgan fingerprint density at radius 1 is 1.83 bits per heavy atom. The van der Waals surface area contributed by atoms with Gasteiger partial charge in [0.05, 0.1) is 12.0 Å². The van der Waals surface area contributed by atoms with Gasteiger partial charge in [-0.15, -0.1) is 0 Å². The van der Waals surface area contributed by atoms with E-state index in [1.165, 1.54) is 0 Å². The van der Waals surface area contributed by atoms with Gasteiger partial charge in [0, 0.05) is 24.7 Å². The van der Waals surface area contributed by atoms with Crippen LogP contribution in [0.1, 0.15) is 5.69 Å². The van der Waals surface area contributed by atoms with E-state index < -0.39 is 0 Å². The van der Waals surface area contributed by atoms with E-state index in [1.54, 1.807) is 12.4 Å². The quantitative estimate of drug-likeness (QED) is 0.380. The highest BCUT2D eigenvalue weighted by Gasteiger charge is 1.87. The van der Waals surface area contributed by atoms with Gasteiger partial charge in [-0.25, -0.2) is 4.98 Å². The molecule has 1 heterocycles. The standard InChI is InChI=1S/C7H9N5/c1-12-5-7(9-6-12)3-2-4-10-11-8/h2-3,5-6H,4H2,1H3. The van der Waals surface area contributed by atoms with Crippen molar-refractivity contribution in [3.63, 3.8) is 0 Å². The van der Waals surface area contributed by atoms with Crippen LogP contribution in [-0.2, 0) is 7.05 Å². The summed E-state index contributed by atoms with van der Waals surface area (Å²) in [6, 6.07) is 0. The zero-order valence-corrected chi connectivity index (χ0v) is 6.75. The third kappa shape index (κ3) is 2.48. The number of aryl methyl sites for hydroxylation is 1. The predicted octanol–water partition coefficient (Wildman–Crippen LogP) is 1.74. The number of hydrogen-bond acceptors (Lipinski definition) is 2. The molecule has 0 aliphatic carbocycles. The lowest BCUT2D eigenvalue weighted by atomic mass is 10.4. The molecule has 0 bridgehead atoms. The Balaban J connectivity index is 2.51. The molecular weight excluding hydrogens is 154 g/mol. The van der Waals surface area contributed by atoms with Gasteiger partial charge in [0.2, 0.25) is 0 Å². The monoisotopic (exact) mass is 163 g/mol. The van der Waals surface area contributed by atoms with Gasteiger partial charge >= 0.3 is 0 Å². The smallest absolute Gasteiger partial charge is 0.0950 e. The average Bonchev–Trinajstić information content (AvgIpc) is 2.45. The zero-order valence-electron chi connectivity index (χ0n) is 6.75. The predicted molar refractivity (Wildman–Crippen MR) is 46.3 cm³/mol. The van der Waals surface area contributed by atoms with E-state index >= 15 is 0 Å². The number of rotatable bonds is 3. The summed E-state index contributed by atoms with van der Waals surface area (Å²) < 4.78 is 1.85. The molecule has 0 aliphatic rings. The summed E-state index contributed by atoms with van der Waals surface area (Å²) in [4.78, 5) is 6.67. The van der Waals surface area contributed by atoms with Crippen molar-refractivity contribution in [2.24, 2.45) is 12.2 Å². The second-order valence-electron chi connectivity index (χ2n) is 2.28. The maximum Gasteiger partial charge on any atom is 0.0950 e. The Bertz CT molecular complexity index is 318. The van der Waals surface area contributed by atoms with Crippen LogP contribution < -0.4 is 0 Å². The van der Waals surface area contributed by atoms with Crippen LogP contribution in [0.15, 0.2) is 23.7 Å². The van der Waals surface area contributed by atoms with Crippen molar-refractivity contribution in [3.8, 4) is 0 Å². The summed E-state index contributed by atoms with van der Waals surface area (Å²) in [6.45, 7) is 0.368. The fourth-order valence-corrected chi connectivity index (χ4v) is 0.776. The van der Waals surface area contributed by atoms with Gasteiger partial charge in [0.1, 0.15) is 0 Å². The Morgan fingerprint density at radius 3 is 3.25 bits per heavy atom. The van der Waals surface area contributed by atoms with Gasteiger partial charge < -0.3 is 4.57 Å². The molecule has 5 heteroatoms. The average molecular weight is 163 g/mol. The SMILES string of the molecule is Cn1cnc(C=CCN=[N+]=[N-])c1. The lowest BCUT2D eigenvalue weighted by Gasteiger charge is -1.81. The van der Waals surface area contributed by atoms with Crippen LogP contribution in [0, 0.1) is 0 Å². The molecule has 12 heavy (non-hydrogen) atoms. The Morgan fingerprint density at radius 2 is 2.67 bits per heavy atom. The second-order valence-corrected chi connectivity index (χ2v) is 2.28. The van der Waals surface area contributed by atoms with Gasteiger partial charge in [0.15, 0.2) is 0 Å². The molecular formula is C7H9N5. The summed E-state index contributed by atoms with van der Waals surface area (Å²) in [6.07, 6.45) is 7.18. The van der Waals surface area contributed by atoms with Crippen LogP contribution in [0.4, 0.5) is 0 Å². The summed E-state index contributed by atoms with van der Waals surface area (Å²) in [7, 11) is 1.90. The summed E-state index contributed by atoms with van der Waals surface area (Å²) in [5, 5.41) is 3.35. The Hall–Kier alpha value is -1.74. The van der Waals surface area contributed by atoms with E-state index in [0.717, 1.165) is 5.69 Å². The molecule has 1 aromatic heterocycles. The van der Waals surface area contributed by atoms with Crippen LogP contribution in [0.2, 0.25) is 0 Å². The molecule has 0 amide bonds. The van der Waals surface area contributed by atoms with Crippen molar-refractivity contribution in [1.29, 1.82) is 0 Å². The molecule has 0 atom stereocenters. The maximum absolute atomic E-state index is 7.97. The third-order valence-corrected chi connectivity index (χ3v) is 1.26. The molecule has 0 saturated heterocycles. The molecule has 0 saturated carbocycles. The molecule has 62 valence electrons. The summed E-state index contributed by atoms with van der Waals surface area (Å²) >= 11 is 0. The van der Waals surface area contributed by atoms with Crippen molar-refractivity contribution >= 4 is 6.08 Å². The lowest BCUT2D eigenvalue weighted by Crippen LogP contribution is -1.77. The maximum atomic E-state index is 7.97. The summed E-state index contributed by atoms with van der Waals surface area (Å²) in [5.41, 5.74) is 8.84. The third-order valence-electron chi connectivity index (χ3n) is 1.26. The van der Waals surface area contributed by atoms with Gasteiger partial charge in [-0.2, -0.15) is 0 Å². The first-order valence-corrected chi connectivity index (χ1v) is 3.48. The van der Waals surface area contributed by atoms with E-state index in [2.05, 4.69) is 15.0 Å². The Labute approximate surface area is 70.0 Å². The van der Waals surface area contributed by atoms with E-state index in [1.807, 2.05) is 23.9 Å². The normalized spacial score (nSPS) is 10.1. The Kier molecular flexibility index (Phi) is 2.93. The van der Waals surface area contributed by atoms with Crippen molar-refractivity contribution < 1.29 is 0 Å². The van der Waals surface area contributed by atoms with E-state index in [-0.39, 0.29) is 0 Å². The van der Waals surface area contributed by atoms with Gasteiger partial charge in [-0.05, 0) is 11.6 Å². The lowest BCUT2D eigenvalue weighted by molar-refractivity contribution is 0.913. The van der Waals surface area contributed by atoms with Crippen molar-refractivity contribution in [2.45, 2.75) is 0 Å². The first kappa shape index (κ1) is 8.36. The number of nitrogens with zero attached hydrogens (tertiary/aromatic N) is 5. The number of imidazole rings is 1. The van der Waals surface area contributed by atoms with Crippen molar-refractivity contribution in [2.75, 3.05) is 6.54 Å². The number of aromatic nitrogens is 2. The molecule has 0 unspecified atom stereocenters. The van der Waals surface area contributed by atoms with Crippen molar-refractivity contribution in [3.05, 3.63) is 34.7 Å². The minimum atomic E-state index is 0.368. The minimum Gasteiger partial charge on any atom is -0.340 e. The van der Waals surface area contributed by atoms with Crippen LogP contribution >= 0.6 is 0 Å². The van der Waals surface area contributed by atoms with Gasteiger partial charge in [-0.3, -0.25) is 0 Å². The number of hydrogen-bond donors (Lipinski definition) is 0. The molecule has 0 aliphatic heterocycles. The highest BCUT2D eigenvalue weighted by Crippen LogP contribution is 1.96. The van der Waals surface area contributed by atoms with E-state index in [9.17, 15) is 0 Å². The van der Waals surface area contributed by atoms with Gasteiger partial charge in [0.25, 0.3) is 0 Å². The largest absolute Gasteiger partial charge is 0.340 e. The van der Waals surface area contributed by atoms with E-state index in [0.29, 0.717) is 6.54 Å². The topological polar surface area (TPSA) is 66.6 Å². The van der Waals surface area contributed by atoms with E-state index in [4.69, 9.17) is 5.53 Å². The molecule has 0 radical (unpaired) electrons. The molecule has 0 N–H and O–H groups in total. The van der Waals surface area contributed by atoms with Crippen LogP contribution in [0.3, 0.4) is 0 Å². The molecule has 0 fully saturated rings. The van der Waals surface area contributed by atoms with Gasteiger partial charge in [-0.1, -0.05) is 11.2 Å². The van der Waals surface area contributed by atoms with Crippen LogP contribution in [0.25, 0.3) is 16.5 Å². The molecule has 0 aromatic carbocycles. The highest BCUT2D eigenvalue weighted by molar-refractivity contribution is 5.43. The first-order valence-electron chi connectivity index (χ1n) is 3.48. The molecule has 5 nitrogen and oxygen atoms in total. The fraction of sp³-hybridized carbons (Fsp3) is 0.286. The molecule has 1 aromatic rings. The molecule has 1 rings (SSSR count). The van der Waals surface area contributed by atoms with Crippen LogP contribution in [0.5, 0.6) is 0 Å². The summed E-state index contributed by atoms with van der Waals surface area (Å²) in [5.74, 6) is 0.